The Morgan fingerprint density at radius 2 is 1.62 bits per heavy atom. The standard InChI is InChI=1S/C13H24N2O/c1-14(2)13(16)11-5-7-12(8-6-11)15-9-3-4-10-15/h11-12H,3-10H2,1-2H3. The molecule has 2 fully saturated rings. The minimum Gasteiger partial charge on any atom is -0.349 e. The highest BCUT2D eigenvalue weighted by Crippen LogP contribution is 2.30. The summed E-state index contributed by atoms with van der Waals surface area (Å²) >= 11 is 0. The summed E-state index contributed by atoms with van der Waals surface area (Å²) in [5.41, 5.74) is 0. The third-order valence-electron chi connectivity index (χ3n) is 4.14. The number of nitrogens with zero attached hydrogens (tertiary/aromatic N) is 2. The van der Waals surface area contributed by atoms with Gasteiger partial charge in [0.05, 0.1) is 0 Å². The van der Waals surface area contributed by atoms with Gasteiger partial charge in [-0.1, -0.05) is 0 Å². The van der Waals surface area contributed by atoms with Gasteiger partial charge in [-0.2, -0.15) is 0 Å². The minimum atomic E-state index is 0.300. The summed E-state index contributed by atoms with van der Waals surface area (Å²) < 4.78 is 0. The first-order valence-corrected chi connectivity index (χ1v) is 6.63. The lowest BCUT2D eigenvalue weighted by molar-refractivity contribution is -0.134. The van der Waals surface area contributed by atoms with Gasteiger partial charge in [-0.25, -0.2) is 0 Å². The van der Waals surface area contributed by atoms with Crippen LogP contribution in [0.25, 0.3) is 0 Å². The molecule has 2 aliphatic rings. The van der Waals surface area contributed by atoms with Gasteiger partial charge in [0.2, 0.25) is 5.91 Å². The van der Waals surface area contributed by atoms with Crippen molar-refractivity contribution in [3.63, 3.8) is 0 Å². The number of hydrogen-bond donors (Lipinski definition) is 0. The quantitative estimate of drug-likeness (QED) is 0.713. The average molecular weight is 224 g/mol. The number of likely N-dealkylation sites (tertiary alicyclic amines) is 1. The lowest BCUT2D eigenvalue weighted by atomic mass is 9.84. The van der Waals surface area contributed by atoms with E-state index in [-0.39, 0.29) is 0 Å². The Bertz CT molecular complexity index is 238. The maximum Gasteiger partial charge on any atom is 0.225 e. The Morgan fingerprint density at radius 1 is 1.06 bits per heavy atom. The topological polar surface area (TPSA) is 23.6 Å². The van der Waals surface area contributed by atoms with E-state index in [2.05, 4.69) is 4.90 Å². The van der Waals surface area contributed by atoms with Crippen LogP contribution in [0.3, 0.4) is 0 Å². The van der Waals surface area contributed by atoms with E-state index < -0.39 is 0 Å². The monoisotopic (exact) mass is 224 g/mol. The lowest BCUT2D eigenvalue weighted by Crippen LogP contribution is -2.39. The number of amides is 1. The molecular formula is C13H24N2O. The van der Waals surface area contributed by atoms with Crippen molar-refractivity contribution >= 4 is 5.91 Å². The Morgan fingerprint density at radius 3 is 2.12 bits per heavy atom. The van der Waals surface area contributed by atoms with E-state index in [1.807, 2.05) is 14.1 Å². The second-order valence-electron chi connectivity index (χ2n) is 5.48. The summed E-state index contributed by atoms with van der Waals surface area (Å²) in [6, 6.07) is 0.772. The molecule has 1 saturated heterocycles. The van der Waals surface area contributed by atoms with Crippen molar-refractivity contribution in [2.45, 2.75) is 44.6 Å². The van der Waals surface area contributed by atoms with Crippen molar-refractivity contribution in [1.82, 2.24) is 9.80 Å². The predicted molar refractivity (Wildman–Crippen MR) is 65.2 cm³/mol. The first-order chi connectivity index (χ1) is 7.68. The Labute approximate surface area is 98.8 Å². The van der Waals surface area contributed by atoms with E-state index >= 15 is 0 Å². The first kappa shape index (κ1) is 11.9. The van der Waals surface area contributed by atoms with Gasteiger partial charge >= 0.3 is 0 Å². The fourth-order valence-corrected chi connectivity index (χ4v) is 3.16. The molecule has 1 aliphatic carbocycles. The largest absolute Gasteiger partial charge is 0.349 e. The van der Waals surface area contributed by atoms with E-state index in [9.17, 15) is 4.79 Å². The van der Waals surface area contributed by atoms with Gasteiger partial charge in [-0.05, 0) is 51.6 Å². The van der Waals surface area contributed by atoms with Crippen molar-refractivity contribution in [2.24, 2.45) is 5.92 Å². The van der Waals surface area contributed by atoms with Crippen molar-refractivity contribution < 1.29 is 4.79 Å². The summed E-state index contributed by atoms with van der Waals surface area (Å²) in [4.78, 5) is 16.2. The predicted octanol–water partition coefficient (Wildman–Crippen LogP) is 1.73. The summed E-state index contributed by atoms with van der Waals surface area (Å²) in [6.07, 6.45) is 7.39. The molecule has 0 aromatic heterocycles. The van der Waals surface area contributed by atoms with E-state index in [0.29, 0.717) is 11.8 Å². The third-order valence-corrected chi connectivity index (χ3v) is 4.14. The number of carbonyl (C=O) groups excluding carboxylic acids is 1. The molecule has 0 unspecified atom stereocenters. The van der Waals surface area contributed by atoms with Crippen molar-refractivity contribution in [1.29, 1.82) is 0 Å². The maximum absolute atomic E-state index is 11.8. The summed E-state index contributed by atoms with van der Waals surface area (Å²) in [5.74, 6) is 0.633. The highest BCUT2D eigenvalue weighted by Gasteiger charge is 2.30. The van der Waals surface area contributed by atoms with E-state index in [1.165, 1.54) is 38.8 Å². The molecule has 1 saturated carbocycles. The van der Waals surface area contributed by atoms with Crippen LogP contribution in [0.5, 0.6) is 0 Å². The van der Waals surface area contributed by atoms with Gasteiger partial charge in [-0.15, -0.1) is 0 Å². The van der Waals surface area contributed by atoms with Gasteiger partial charge in [0.15, 0.2) is 0 Å². The van der Waals surface area contributed by atoms with Crippen LogP contribution in [-0.4, -0.2) is 48.9 Å². The van der Waals surface area contributed by atoms with Crippen LogP contribution in [0.2, 0.25) is 0 Å². The second kappa shape index (κ2) is 5.17. The second-order valence-corrected chi connectivity index (χ2v) is 5.48. The molecule has 0 radical (unpaired) electrons. The molecule has 0 aromatic carbocycles. The normalized spacial score (nSPS) is 31.6. The summed E-state index contributed by atoms with van der Waals surface area (Å²) in [6.45, 7) is 2.58. The molecule has 0 bridgehead atoms. The van der Waals surface area contributed by atoms with Gasteiger partial charge in [0, 0.05) is 26.1 Å². The minimum absolute atomic E-state index is 0.300. The zero-order valence-electron chi connectivity index (χ0n) is 10.6. The highest BCUT2D eigenvalue weighted by atomic mass is 16.2. The smallest absolute Gasteiger partial charge is 0.225 e. The van der Waals surface area contributed by atoms with Crippen LogP contribution in [0.4, 0.5) is 0 Å². The fraction of sp³-hybridized carbons (Fsp3) is 0.923. The van der Waals surface area contributed by atoms with Gasteiger partial charge in [-0.3, -0.25) is 4.79 Å². The van der Waals surface area contributed by atoms with Gasteiger partial charge in [0.25, 0.3) is 0 Å². The number of hydrogen-bond acceptors (Lipinski definition) is 2. The molecule has 1 heterocycles. The number of rotatable bonds is 2. The molecule has 1 aliphatic heterocycles. The van der Waals surface area contributed by atoms with Crippen molar-refractivity contribution in [2.75, 3.05) is 27.2 Å². The average Bonchev–Trinajstić information content (AvgIpc) is 2.81. The molecule has 16 heavy (non-hydrogen) atoms. The van der Waals surface area contributed by atoms with Crippen LogP contribution in [0, 0.1) is 5.92 Å². The molecule has 0 N–H and O–H groups in total. The molecule has 0 atom stereocenters. The van der Waals surface area contributed by atoms with Gasteiger partial charge < -0.3 is 9.80 Å². The Hall–Kier alpha value is -0.570. The fourth-order valence-electron chi connectivity index (χ4n) is 3.16. The molecule has 0 spiro atoms. The molecule has 92 valence electrons. The molecule has 0 aromatic rings. The molecular weight excluding hydrogens is 200 g/mol. The van der Waals surface area contributed by atoms with Crippen LogP contribution < -0.4 is 0 Å². The first-order valence-electron chi connectivity index (χ1n) is 6.63. The molecule has 2 rings (SSSR count). The summed E-state index contributed by atoms with van der Waals surface area (Å²) in [5, 5.41) is 0. The van der Waals surface area contributed by atoms with Crippen LogP contribution >= 0.6 is 0 Å². The Kier molecular flexibility index (Phi) is 3.85. The summed E-state index contributed by atoms with van der Waals surface area (Å²) in [7, 11) is 3.74. The van der Waals surface area contributed by atoms with Crippen LogP contribution in [0.1, 0.15) is 38.5 Å². The maximum atomic E-state index is 11.8. The van der Waals surface area contributed by atoms with Gasteiger partial charge in [0.1, 0.15) is 0 Å². The highest BCUT2D eigenvalue weighted by molar-refractivity contribution is 5.78. The molecule has 3 heteroatoms. The van der Waals surface area contributed by atoms with E-state index in [4.69, 9.17) is 0 Å². The van der Waals surface area contributed by atoms with E-state index in [0.717, 1.165) is 18.9 Å². The molecule has 3 nitrogen and oxygen atoms in total. The Balaban J connectivity index is 1.80. The number of carbonyl (C=O) groups is 1. The zero-order chi connectivity index (χ0) is 11.5. The van der Waals surface area contributed by atoms with Crippen molar-refractivity contribution in [3.8, 4) is 0 Å². The van der Waals surface area contributed by atoms with Crippen LogP contribution in [-0.2, 0) is 4.79 Å². The lowest BCUT2D eigenvalue weighted by Gasteiger charge is -2.34. The molecule has 1 amide bonds. The SMILES string of the molecule is CN(C)C(=O)C1CCC(N2CCCC2)CC1. The zero-order valence-corrected chi connectivity index (χ0v) is 10.6. The van der Waals surface area contributed by atoms with Crippen LogP contribution in [0.15, 0.2) is 0 Å². The van der Waals surface area contributed by atoms with E-state index in [1.54, 1.807) is 4.90 Å². The van der Waals surface area contributed by atoms with Crippen molar-refractivity contribution in [3.05, 3.63) is 0 Å². The third kappa shape index (κ3) is 2.57.